The van der Waals surface area contributed by atoms with E-state index >= 15 is 0 Å². The van der Waals surface area contributed by atoms with Crippen LogP contribution < -0.4 is 0 Å². The molecule has 1 N–H and O–H groups in total. The number of furan rings is 1. The molecule has 1 saturated heterocycles. The molecule has 19 heavy (non-hydrogen) atoms. The SMILES string of the molecule is Cc1ccc(C=CC(=O)N2CCOC(C(=O)O)C2)o1. The summed E-state index contributed by atoms with van der Waals surface area (Å²) in [6, 6.07) is 3.57. The molecule has 0 bridgehead atoms. The van der Waals surface area contributed by atoms with E-state index in [4.69, 9.17) is 14.3 Å². The molecule has 6 nitrogen and oxygen atoms in total. The number of nitrogens with zero attached hydrogens (tertiary/aromatic N) is 1. The topological polar surface area (TPSA) is 80.0 Å². The smallest absolute Gasteiger partial charge is 0.334 e. The van der Waals surface area contributed by atoms with E-state index < -0.39 is 12.1 Å². The van der Waals surface area contributed by atoms with Crippen LogP contribution in [0.25, 0.3) is 6.08 Å². The Bertz CT molecular complexity index is 505. The van der Waals surface area contributed by atoms with Crippen molar-refractivity contribution in [1.82, 2.24) is 4.90 Å². The molecule has 2 heterocycles. The van der Waals surface area contributed by atoms with Gasteiger partial charge >= 0.3 is 5.97 Å². The van der Waals surface area contributed by atoms with Crippen LogP contribution >= 0.6 is 0 Å². The number of aliphatic carboxylic acids is 1. The van der Waals surface area contributed by atoms with Crippen molar-refractivity contribution < 1.29 is 23.8 Å². The van der Waals surface area contributed by atoms with E-state index in [-0.39, 0.29) is 19.1 Å². The summed E-state index contributed by atoms with van der Waals surface area (Å²) < 4.78 is 10.4. The lowest BCUT2D eigenvalue weighted by molar-refractivity contribution is -0.158. The van der Waals surface area contributed by atoms with Gasteiger partial charge in [-0.05, 0) is 25.1 Å². The van der Waals surface area contributed by atoms with Gasteiger partial charge in [-0.2, -0.15) is 0 Å². The van der Waals surface area contributed by atoms with Crippen LogP contribution in [0.4, 0.5) is 0 Å². The highest BCUT2D eigenvalue weighted by atomic mass is 16.5. The van der Waals surface area contributed by atoms with Gasteiger partial charge in [-0.25, -0.2) is 4.79 Å². The van der Waals surface area contributed by atoms with Gasteiger partial charge in [-0.3, -0.25) is 4.79 Å². The molecule has 0 saturated carbocycles. The summed E-state index contributed by atoms with van der Waals surface area (Å²) in [5.74, 6) is 0.0602. The van der Waals surface area contributed by atoms with E-state index in [1.807, 2.05) is 6.92 Å². The van der Waals surface area contributed by atoms with Crippen LogP contribution in [0.2, 0.25) is 0 Å². The first-order chi connectivity index (χ1) is 9.06. The summed E-state index contributed by atoms with van der Waals surface area (Å²) in [5, 5.41) is 8.85. The Hall–Kier alpha value is -2.08. The molecule has 2 rings (SSSR count). The van der Waals surface area contributed by atoms with Gasteiger partial charge in [-0.15, -0.1) is 0 Å². The zero-order valence-electron chi connectivity index (χ0n) is 10.5. The van der Waals surface area contributed by atoms with Crippen LogP contribution in [0.5, 0.6) is 0 Å². The van der Waals surface area contributed by atoms with Crippen LogP contribution in [0.3, 0.4) is 0 Å². The highest BCUT2D eigenvalue weighted by Gasteiger charge is 2.27. The van der Waals surface area contributed by atoms with E-state index in [9.17, 15) is 9.59 Å². The van der Waals surface area contributed by atoms with Gasteiger partial charge in [0, 0.05) is 12.6 Å². The monoisotopic (exact) mass is 265 g/mol. The Labute approximate surface area is 110 Å². The molecule has 1 aromatic heterocycles. The Morgan fingerprint density at radius 1 is 1.47 bits per heavy atom. The molecular weight excluding hydrogens is 250 g/mol. The molecular formula is C13H15NO5. The molecule has 102 valence electrons. The van der Waals surface area contributed by atoms with Crippen LogP contribution in [0, 0.1) is 6.92 Å². The minimum atomic E-state index is -1.05. The van der Waals surface area contributed by atoms with Crippen molar-refractivity contribution in [3.8, 4) is 0 Å². The number of carbonyl (C=O) groups excluding carboxylic acids is 1. The van der Waals surface area contributed by atoms with Crippen LogP contribution in [0.1, 0.15) is 11.5 Å². The van der Waals surface area contributed by atoms with E-state index in [0.29, 0.717) is 12.3 Å². The Morgan fingerprint density at radius 3 is 2.89 bits per heavy atom. The third-order valence-electron chi connectivity index (χ3n) is 2.80. The number of aryl methyl sites for hydroxylation is 1. The summed E-state index contributed by atoms with van der Waals surface area (Å²) in [7, 11) is 0. The molecule has 1 amide bonds. The average Bonchev–Trinajstić information content (AvgIpc) is 2.82. The highest BCUT2D eigenvalue weighted by molar-refractivity contribution is 5.92. The van der Waals surface area contributed by atoms with Crippen molar-refractivity contribution in [3.63, 3.8) is 0 Å². The summed E-state index contributed by atoms with van der Waals surface area (Å²) >= 11 is 0. The van der Waals surface area contributed by atoms with Crippen molar-refractivity contribution >= 4 is 18.0 Å². The molecule has 1 aliphatic heterocycles. The van der Waals surface area contributed by atoms with Gasteiger partial charge in [-0.1, -0.05) is 0 Å². The summed E-state index contributed by atoms with van der Waals surface area (Å²) in [5.41, 5.74) is 0. The third kappa shape index (κ3) is 3.45. The number of rotatable bonds is 3. The van der Waals surface area contributed by atoms with Crippen molar-refractivity contribution in [2.45, 2.75) is 13.0 Å². The van der Waals surface area contributed by atoms with Crippen molar-refractivity contribution in [1.29, 1.82) is 0 Å². The Morgan fingerprint density at radius 2 is 2.26 bits per heavy atom. The largest absolute Gasteiger partial charge is 0.479 e. The predicted octanol–water partition coefficient (Wildman–Crippen LogP) is 0.913. The van der Waals surface area contributed by atoms with Crippen LogP contribution in [0.15, 0.2) is 22.6 Å². The number of hydrogen-bond acceptors (Lipinski definition) is 4. The molecule has 0 spiro atoms. The Balaban J connectivity index is 1.96. The summed E-state index contributed by atoms with van der Waals surface area (Å²) in [6.45, 7) is 2.51. The quantitative estimate of drug-likeness (QED) is 0.822. The van der Waals surface area contributed by atoms with E-state index in [2.05, 4.69) is 0 Å². The van der Waals surface area contributed by atoms with Gasteiger partial charge in [0.15, 0.2) is 6.10 Å². The van der Waals surface area contributed by atoms with Gasteiger partial charge in [0.2, 0.25) is 5.91 Å². The second kappa shape index (κ2) is 5.71. The van der Waals surface area contributed by atoms with Gasteiger partial charge in [0.05, 0.1) is 13.2 Å². The number of carboxylic acids is 1. The van der Waals surface area contributed by atoms with Crippen LogP contribution in [-0.2, 0) is 14.3 Å². The predicted molar refractivity (Wildman–Crippen MR) is 66.4 cm³/mol. The lowest BCUT2D eigenvalue weighted by atomic mass is 10.2. The second-order valence-corrected chi connectivity index (χ2v) is 4.26. The molecule has 0 aliphatic carbocycles. The maximum atomic E-state index is 11.9. The highest BCUT2D eigenvalue weighted by Crippen LogP contribution is 2.10. The number of carbonyl (C=O) groups is 2. The number of carboxylic acid groups (broad SMARTS) is 1. The number of amides is 1. The molecule has 1 unspecified atom stereocenters. The van der Waals surface area contributed by atoms with Crippen LogP contribution in [-0.4, -0.2) is 47.7 Å². The fourth-order valence-electron chi connectivity index (χ4n) is 1.80. The molecule has 1 atom stereocenters. The van der Waals surface area contributed by atoms with Gasteiger partial charge < -0.3 is 19.2 Å². The first-order valence-corrected chi connectivity index (χ1v) is 5.94. The third-order valence-corrected chi connectivity index (χ3v) is 2.80. The number of ether oxygens (including phenoxy) is 1. The molecule has 0 aromatic carbocycles. The fraction of sp³-hybridized carbons (Fsp3) is 0.385. The van der Waals surface area contributed by atoms with E-state index in [0.717, 1.165) is 5.76 Å². The van der Waals surface area contributed by atoms with Crippen molar-refractivity contribution in [2.75, 3.05) is 19.7 Å². The maximum absolute atomic E-state index is 11.9. The standard InChI is InChI=1S/C13H15NO5/c1-9-2-3-10(19-9)4-5-12(15)14-6-7-18-11(8-14)13(16)17/h2-5,11H,6-8H2,1H3,(H,16,17). The molecule has 1 fully saturated rings. The van der Waals surface area contributed by atoms with Crippen molar-refractivity contribution in [2.24, 2.45) is 0 Å². The average molecular weight is 265 g/mol. The van der Waals surface area contributed by atoms with Gasteiger partial charge in [0.25, 0.3) is 0 Å². The molecule has 6 heteroatoms. The fourth-order valence-corrected chi connectivity index (χ4v) is 1.80. The minimum Gasteiger partial charge on any atom is -0.479 e. The lowest BCUT2D eigenvalue weighted by Crippen LogP contribution is -2.48. The molecule has 0 radical (unpaired) electrons. The van der Waals surface area contributed by atoms with E-state index in [1.54, 1.807) is 18.2 Å². The first kappa shape index (κ1) is 13.4. The maximum Gasteiger partial charge on any atom is 0.334 e. The Kier molecular flexibility index (Phi) is 4.01. The number of morpholine rings is 1. The minimum absolute atomic E-state index is 0.0652. The zero-order chi connectivity index (χ0) is 13.8. The molecule has 1 aromatic rings. The summed E-state index contributed by atoms with van der Waals surface area (Å²) in [4.78, 5) is 24.2. The van der Waals surface area contributed by atoms with Gasteiger partial charge in [0.1, 0.15) is 11.5 Å². The zero-order valence-corrected chi connectivity index (χ0v) is 10.5. The normalized spacial score (nSPS) is 19.8. The van der Waals surface area contributed by atoms with E-state index in [1.165, 1.54) is 11.0 Å². The molecule has 1 aliphatic rings. The second-order valence-electron chi connectivity index (χ2n) is 4.26. The summed E-state index contributed by atoms with van der Waals surface area (Å²) in [6.07, 6.45) is 2.00. The lowest BCUT2D eigenvalue weighted by Gasteiger charge is -2.29. The van der Waals surface area contributed by atoms with Crippen molar-refractivity contribution in [3.05, 3.63) is 29.7 Å². The first-order valence-electron chi connectivity index (χ1n) is 5.94. The number of hydrogen-bond donors (Lipinski definition) is 1.